The SMILES string of the molecule is CC[C@@H](CC=O)Oc1cc(C(=O)OC)ccc1N. The number of nitrogen functional groups attached to an aromatic ring is 1. The Hall–Kier alpha value is -2.04. The highest BCUT2D eigenvalue weighted by atomic mass is 16.5. The van der Waals surface area contributed by atoms with Crippen molar-refractivity contribution in [3.8, 4) is 5.75 Å². The Labute approximate surface area is 106 Å². The molecule has 0 saturated carbocycles. The molecular weight excluding hydrogens is 234 g/mol. The Bertz CT molecular complexity index is 431. The lowest BCUT2D eigenvalue weighted by molar-refractivity contribution is -0.109. The van der Waals surface area contributed by atoms with E-state index in [2.05, 4.69) is 4.74 Å². The van der Waals surface area contributed by atoms with Crippen molar-refractivity contribution in [2.75, 3.05) is 12.8 Å². The highest BCUT2D eigenvalue weighted by molar-refractivity contribution is 5.90. The summed E-state index contributed by atoms with van der Waals surface area (Å²) in [6.45, 7) is 1.91. The molecule has 0 heterocycles. The number of hydrogen-bond donors (Lipinski definition) is 1. The van der Waals surface area contributed by atoms with Crippen molar-refractivity contribution in [3.05, 3.63) is 23.8 Å². The number of carbonyl (C=O) groups is 2. The lowest BCUT2D eigenvalue weighted by Gasteiger charge is -2.17. The Morgan fingerprint density at radius 1 is 1.50 bits per heavy atom. The molecule has 0 saturated heterocycles. The minimum atomic E-state index is -0.455. The van der Waals surface area contributed by atoms with E-state index >= 15 is 0 Å². The summed E-state index contributed by atoms with van der Waals surface area (Å²) in [5.41, 5.74) is 6.55. The Morgan fingerprint density at radius 2 is 2.22 bits per heavy atom. The number of nitrogens with two attached hydrogens (primary N) is 1. The summed E-state index contributed by atoms with van der Waals surface area (Å²) in [4.78, 5) is 21.9. The molecule has 1 rings (SSSR count). The average molecular weight is 251 g/mol. The third-order valence-electron chi connectivity index (χ3n) is 2.54. The number of aldehydes is 1. The van der Waals surface area contributed by atoms with Gasteiger partial charge in [0.2, 0.25) is 0 Å². The van der Waals surface area contributed by atoms with Crippen LogP contribution in [0.5, 0.6) is 5.75 Å². The summed E-state index contributed by atoms with van der Waals surface area (Å²) >= 11 is 0. The second-order valence-corrected chi connectivity index (χ2v) is 3.79. The van der Waals surface area contributed by atoms with Gasteiger partial charge in [0, 0.05) is 6.42 Å². The zero-order valence-electron chi connectivity index (χ0n) is 10.5. The summed E-state index contributed by atoms with van der Waals surface area (Å²) in [6, 6.07) is 4.67. The van der Waals surface area contributed by atoms with E-state index in [9.17, 15) is 9.59 Å². The molecule has 2 N–H and O–H groups in total. The first-order valence-electron chi connectivity index (χ1n) is 5.70. The topological polar surface area (TPSA) is 78.6 Å². The molecule has 0 aliphatic rings. The molecule has 98 valence electrons. The Balaban J connectivity index is 2.92. The molecule has 18 heavy (non-hydrogen) atoms. The average Bonchev–Trinajstić information content (AvgIpc) is 2.39. The lowest BCUT2D eigenvalue weighted by atomic mass is 10.1. The van der Waals surface area contributed by atoms with E-state index in [-0.39, 0.29) is 6.10 Å². The molecule has 0 aliphatic heterocycles. The standard InChI is InChI=1S/C13H17NO4/c1-3-10(6-7-15)18-12-8-9(13(16)17-2)4-5-11(12)14/h4-5,7-8,10H,3,6,14H2,1-2H3/t10-/m0/s1. The molecule has 0 fully saturated rings. The number of benzene rings is 1. The number of methoxy groups -OCH3 is 1. The van der Waals surface area contributed by atoms with Gasteiger partial charge >= 0.3 is 5.97 Å². The van der Waals surface area contributed by atoms with Gasteiger partial charge in [-0.2, -0.15) is 0 Å². The van der Waals surface area contributed by atoms with E-state index in [0.717, 1.165) is 6.29 Å². The van der Waals surface area contributed by atoms with Crippen molar-refractivity contribution >= 4 is 17.9 Å². The zero-order chi connectivity index (χ0) is 13.5. The molecule has 0 radical (unpaired) electrons. The van der Waals surface area contributed by atoms with Gasteiger partial charge in [0.1, 0.15) is 18.1 Å². The minimum Gasteiger partial charge on any atom is -0.488 e. The third kappa shape index (κ3) is 3.48. The van der Waals surface area contributed by atoms with Crippen LogP contribution in [0.4, 0.5) is 5.69 Å². The maximum absolute atomic E-state index is 11.4. The van der Waals surface area contributed by atoms with E-state index in [1.165, 1.54) is 13.2 Å². The predicted octanol–water partition coefficient (Wildman–Crippen LogP) is 1.80. The molecule has 0 spiro atoms. The lowest BCUT2D eigenvalue weighted by Crippen LogP contribution is -2.17. The normalized spacial score (nSPS) is 11.7. The van der Waals surface area contributed by atoms with Crippen LogP contribution in [0.2, 0.25) is 0 Å². The van der Waals surface area contributed by atoms with Crippen LogP contribution in [-0.4, -0.2) is 25.5 Å². The van der Waals surface area contributed by atoms with E-state index < -0.39 is 5.97 Å². The highest BCUT2D eigenvalue weighted by Gasteiger charge is 2.13. The maximum atomic E-state index is 11.4. The summed E-state index contributed by atoms with van der Waals surface area (Å²) in [6.07, 6.45) is 1.53. The molecular formula is C13H17NO4. The summed E-state index contributed by atoms with van der Waals surface area (Å²) in [5.74, 6) is -0.0603. The molecule has 5 heteroatoms. The fraction of sp³-hybridized carbons (Fsp3) is 0.385. The first-order valence-corrected chi connectivity index (χ1v) is 5.70. The van der Waals surface area contributed by atoms with Crippen LogP contribution < -0.4 is 10.5 Å². The monoisotopic (exact) mass is 251 g/mol. The van der Waals surface area contributed by atoms with Gasteiger partial charge in [0.25, 0.3) is 0 Å². The van der Waals surface area contributed by atoms with Crippen LogP contribution in [0.25, 0.3) is 0 Å². The largest absolute Gasteiger partial charge is 0.488 e. The van der Waals surface area contributed by atoms with Gasteiger partial charge in [0.15, 0.2) is 0 Å². The number of anilines is 1. The van der Waals surface area contributed by atoms with Gasteiger partial charge in [-0.3, -0.25) is 0 Å². The fourth-order valence-electron chi connectivity index (χ4n) is 1.47. The number of hydrogen-bond acceptors (Lipinski definition) is 5. The molecule has 1 aromatic carbocycles. The summed E-state index contributed by atoms with van der Waals surface area (Å²) in [5, 5.41) is 0. The summed E-state index contributed by atoms with van der Waals surface area (Å²) < 4.78 is 10.2. The minimum absolute atomic E-state index is 0.238. The molecule has 0 amide bonds. The van der Waals surface area contributed by atoms with Crippen molar-refractivity contribution in [1.82, 2.24) is 0 Å². The van der Waals surface area contributed by atoms with Gasteiger partial charge in [-0.1, -0.05) is 6.92 Å². The smallest absolute Gasteiger partial charge is 0.337 e. The van der Waals surface area contributed by atoms with E-state index in [0.29, 0.717) is 29.8 Å². The van der Waals surface area contributed by atoms with Crippen molar-refractivity contribution < 1.29 is 19.1 Å². The molecule has 1 atom stereocenters. The second-order valence-electron chi connectivity index (χ2n) is 3.79. The highest BCUT2D eigenvalue weighted by Crippen LogP contribution is 2.25. The van der Waals surface area contributed by atoms with Crippen molar-refractivity contribution in [2.45, 2.75) is 25.9 Å². The van der Waals surface area contributed by atoms with Crippen LogP contribution in [0.15, 0.2) is 18.2 Å². The van der Waals surface area contributed by atoms with Crippen molar-refractivity contribution in [3.63, 3.8) is 0 Å². The number of ether oxygens (including phenoxy) is 2. The predicted molar refractivity (Wildman–Crippen MR) is 67.6 cm³/mol. The van der Waals surface area contributed by atoms with Gasteiger partial charge in [-0.05, 0) is 24.6 Å². The van der Waals surface area contributed by atoms with Gasteiger partial charge in [-0.25, -0.2) is 4.79 Å². The first-order chi connectivity index (χ1) is 8.62. The van der Waals surface area contributed by atoms with E-state index in [1.807, 2.05) is 6.92 Å². The number of carbonyl (C=O) groups excluding carboxylic acids is 2. The number of rotatable bonds is 6. The van der Waals surface area contributed by atoms with Gasteiger partial charge in [-0.15, -0.1) is 0 Å². The quantitative estimate of drug-likeness (QED) is 0.474. The summed E-state index contributed by atoms with van der Waals surface area (Å²) in [7, 11) is 1.31. The van der Waals surface area contributed by atoms with Crippen molar-refractivity contribution in [1.29, 1.82) is 0 Å². The Kier molecular flexibility index (Phi) is 5.17. The molecule has 0 aliphatic carbocycles. The fourth-order valence-corrected chi connectivity index (χ4v) is 1.47. The molecule has 0 bridgehead atoms. The molecule has 0 aromatic heterocycles. The van der Waals surface area contributed by atoms with Crippen LogP contribution in [0, 0.1) is 0 Å². The van der Waals surface area contributed by atoms with Gasteiger partial charge in [0.05, 0.1) is 18.4 Å². The zero-order valence-corrected chi connectivity index (χ0v) is 10.5. The number of esters is 1. The van der Waals surface area contributed by atoms with Crippen molar-refractivity contribution in [2.24, 2.45) is 0 Å². The van der Waals surface area contributed by atoms with E-state index in [4.69, 9.17) is 10.5 Å². The third-order valence-corrected chi connectivity index (χ3v) is 2.54. The molecule has 1 aromatic rings. The molecule has 0 unspecified atom stereocenters. The Morgan fingerprint density at radius 3 is 2.78 bits per heavy atom. The maximum Gasteiger partial charge on any atom is 0.337 e. The van der Waals surface area contributed by atoms with Gasteiger partial charge < -0.3 is 20.0 Å². The second kappa shape index (κ2) is 6.64. The van der Waals surface area contributed by atoms with Crippen LogP contribution in [-0.2, 0) is 9.53 Å². The molecule has 5 nitrogen and oxygen atoms in total. The van der Waals surface area contributed by atoms with Crippen LogP contribution in [0.1, 0.15) is 30.1 Å². The van der Waals surface area contributed by atoms with Crippen LogP contribution >= 0.6 is 0 Å². The van der Waals surface area contributed by atoms with Crippen LogP contribution in [0.3, 0.4) is 0 Å². The first kappa shape index (κ1) is 14.0. The van der Waals surface area contributed by atoms with E-state index in [1.54, 1.807) is 12.1 Å².